The smallest absolute Gasteiger partial charge is 0.255 e. The Morgan fingerprint density at radius 3 is 2.51 bits per heavy atom. The van der Waals surface area contributed by atoms with Crippen LogP contribution in [-0.2, 0) is 22.7 Å². The summed E-state index contributed by atoms with van der Waals surface area (Å²) < 4.78 is 14.6. The van der Waals surface area contributed by atoms with E-state index in [-0.39, 0.29) is 31.2 Å². The van der Waals surface area contributed by atoms with Crippen molar-refractivity contribution in [3.8, 4) is 0 Å². The molecule has 0 saturated carbocycles. The van der Waals surface area contributed by atoms with Gasteiger partial charge in [0, 0.05) is 82.3 Å². The van der Waals surface area contributed by atoms with E-state index in [9.17, 15) is 18.8 Å². The van der Waals surface area contributed by atoms with Gasteiger partial charge >= 0.3 is 0 Å². The number of fused-ring (bicyclic) bond motifs is 1. The summed E-state index contributed by atoms with van der Waals surface area (Å²) in [6, 6.07) is 10.4. The quantitative estimate of drug-likeness (QED) is 0.661. The van der Waals surface area contributed by atoms with E-state index in [0.717, 1.165) is 30.9 Å². The van der Waals surface area contributed by atoms with Crippen LogP contribution in [0.25, 0.3) is 0 Å². The molecule has 2 aromatic rings. The Morgan fingerprint density at radius 2 is 1.80 bits per heavy atom. The Balaban J connectivity index is 1.31. The highest BCUT2D eigenvalue weighted by molar-refractivity contribution is 6.06. The van der Waals surface area contributed by atoms with E-state index in [0.29, 0.717) is 18.7 Å². The highest BCUT2D eigenvalue weighted by atomic mass is 19.1. The molecule has 5 rings (SSSR count). The topological polar surface area (TPSA) is 76.2 Å². The second-order valence-electron chi connectivity index (χ2n) is 9.64. The molecule has 0 bridgehead atoms. The van der Waals surface area contributed by atoms with Crippen LogP contribution in [-0.4, -0.2) is 73.8 Å². The van der Waals surface area contributed by atoms with Gasteiger partial charge in [0.15, 0.2) is 0 Å². The molecule has 2 aromatic carbocycles. The molecule has 1 atom stereocenters. The Morgan fingerprint density at radius 1 is 1.06 bits per heavy atom. The number of nitrogens with zero attached hydrogens (tertiary/aromatic N) is 4. The van der Waals surface area contributed by atoms with Crippen molar-refractivity contribution in [2.45, 2.75) is 32.0 Å². The number of piperidine rings is 1. The summed E-state index contributed by atoms with van der Waals surface area (Å²) in [4.78, 5) is 45.1. The number of imide groups is 1. The normalized spacial score (nSPS) is 20.8. The summed E-state index contributed by atoms with van der Waals surface area (Å²) in [5.41, 5.74) is 4.25. The SMILES string of the molecule is CN(C)c1ccccc1CN1CCN(c2cc(F)cc3c2CN(C2CCC(=O)NC2=O)C3=O)CC1. The Hall–Kier alpha value is -3.46. The van der Waals surface area contributed by atoms with Crippen LogP contribution < -0.4 is 15.1 Å². The van der Waals surface area contributed by atoms with Crippen LogP contribution in [0.5, 0.6) is 0 Å². The lowest BCUT2D eigenvalue weighted by Gasteiger charge is -2.37. The number of carbonyl (C=O) groups excluding carboxylic acids is 3. The first-order valence-corrected chi connectivity index (χ1v) is 12.0. The molecule has 0 aliphatic carbocycles. The summed E-state index contributed by atoms with van der Waals surface area (Å²) in [5.74, 6) is -1.60. The number of amides is 3. The molecule has 184 valence electrons. The van der Waals surface area contributed by atoms with Crippen LogP contribution in [0.3, 0.4) is 0 Å². The maximum Gasteiger partial charge on any atom is 0.255 e. The molecule has 2 saturated heterocycles. The molecule has 3 aliphatic heterocycles. The number of halogens is 1. The van der Waals surface area contributed by atoms with Crippen molar-refractivity contribution in [1.29, 1.82) is 0 Å². The predicted octanol–water partition coefficient (Wildman–Crippen LogP) is 1.97. The van der Waals surface area contributed by atoms with Crippen LogP contribution in [0.1, 0.15) is 34.3 Å². The number of benzene rings is 2. The van der Waals surface area contributed by atoms with Gasteiger partial charge < -0.3 is 14.7 Å². The van der Waals surface area contributed by atoms with Crippen molar-refractivity contribution in [2.24, 2.45) is 0 Å². The van der Waals surface area contributed by atoms with Crippen molar-refractivity contribution >= 4 is 29.1 Å². The maximum atomic E-state index is 14.6. The summed E-state index contributed by atoms with van der Waals surface area (Å²) in [6.45, 7) is 4.15. The van der Waals surface area contributed by atoms with Gasteiger partial charge in [-0.05, 0) is 30.2 Å². The van der Waals surface area contributed by atoms with E-state index in [1.165, 1.54) is 28.3 Å². The molecule has 8 nitrogen and oxygen atoms in total. The Bertz CT molecular complexity index is 1180. The zero-order valence-corrected chi connectivity index (χ0v) is 20.1. The lowest BCUT2D eigenvalue weighted by Crippen LogP contribution is -2.52. The fourth-order valence-corrected chi connectivity index (χ4v) is 5.36. The number of anilines is 2. The van der Waals surface area contributed by atoms with Crippen molar-refractivity contribution < 1.29 is 18.8 Å². The minimum absolute atomic E-state index is 0.191. The Kier molecular flexibility index (Phi) is 6.19. The number of hydrogen-bond acceptors (Lipinski definition) is 6. The summed E-state index contributed by atoms with van der Waals surface area (Å²) in [5, 5.41) is 2.31. The molecule has 0 radical (unpaired) electrons. The van der Waals surface area contributed by atoms with Crippen molar-refractivity contribution in [3.05, 3.63) is 58.9 Å². The lowest BCUT2D eigenvalue weighted by molar-refractivity contribution is -0.136. The van der Waals surface area contributed by atoms with Gasteiger partial charge in [-0.1, -0.05) is 18.2 Å². The Labute approximate surface area is 204 Å². The molecule has 3 amide bonds. The van der Waals surface area contributed by atoms with Crippen molar-refractivity contribution in [1.82, 2.24) is 15.1 Å². The number of rotatable bonds is 5. The van der Waals surface area contributed by atoms with Gasteiger partial charge in [0.05, 0.1) is 0 Å². The van der Waals surface area contributed by atoms with E-state index in [2.05, 4.69) is 38.2 Å². The van der Waals surface area contributed by atoms with Crippen LogP contribution >= 0.6 is 0 Å². The molecule has 0 aromatic heterocycles. The predicted molar refractivity (Wildman–Crippen MR) is 131 cm³/mol. The molecule has 3 heterocycles. The van der Waals surface area contributed by atoms with Gasteiger partial charge in [-0.3, -0.25) is 24.6 Å². The van der Waals surface area contributed by atoms with Crippen LogP contribution in [0.15, 0.2) is 36.4 Å². The van der Waals surface area contributed by atoms with Crippen LogP contribution in [0, 0.1) is 5.82 Å². The third-order valence-corrected chi connectivity index (χ3v) is 7.18. The van der Waals surface area contributed by atoms with Gasteiger partial charge in [-0.2, -0.15) is 0 Å². The second kappa shape index (κ2) is 9.30. The van der Waals surface area contributed by atoms with Crippen LogP contribution in [0.4, 0.5) is 15.8 Å². The molecule has 9 heteroatoms. The zero-order chi connectivity index (χ0) is 24.7. The van der Waals surface area contributed by atoms with Gasteiger partial charge in [0.1, 0.15) is 11.9 Å². The standard InChI is InChI=1S/C26H30FN5O3/c1-29(2)21-6-4-3-5-17(21)15-30-9-11-31(12-10-30)23-14-18(27)13-19-20(23)16-32(26(19)35)22-7-8-24(33)28-25(22)34/h3-6,13-14,22H,7-12,15-16H2,1-2H3,(H,28,33,34). The van der Waals surface area contributed by atoms with E-state index in [1.807, 2.05) is 20.2 Å². The first kappa shape index (κ1) is 23.3. The van der Waals surface area contributed by atoms with Gasteiger partial charge in [0.25, 0.3) is 5.91 Å². The molecule has 3 aliphatic rings. The minimum Gasteiger partial charge on any atom is -0.377 e. The number of hydrogen-bond donors (Lipinski definition) is 1. The fourth-order valence-electron chi connectivity index (χ4n) is 5.36. The highest BCUT2D eigenvalue weighted by Crippen LogP contribution is 2.35. The molecular formula is C26H30FN5O3. The van der Waals surface area contributed by atoms with Crippen molar-refractivity contribution in [3.63, 3.8) is 0 Å². The van der Waals surface area contributed by atoms with Crippen molar-refractivity contribution in [2.75, 3.05) is 50.1 Å². The first-order chi connectivity index (χ1) is 16.8. The zero-order valence-electron chi connectivity index (χ0n) is 20.1. The van der Waals surface area contributed by atoms with E-state index < -0.39 is 17.8 Å². The first-order valence-electron chi connectivity index (χ1n) is 12.0. The second-order valence-corrected chi connectivity index (χ2v) is 9.64. The highest BCUT2D eigenvalue weighted by Gasteiger charge is 2.41. The summed E-state index contributed by atoms with van der Waals surface area (Å²) in [7, 11) is 4.08. The summed E-state index contributed by atoms with van der Waals surface area (Å²) in [6.07, 6.45) is 0.478. The monoisotopic (exact) mass is 479 g/mol. The van der Waals surface area contributed by atoms with Gasteiger partial charge in [-0.25, -0.2) is 4.39 Å². The molecular weight excluding hydrogens is 449 g/mol. The molecule has 2 fully saturated rings. The minimum atomic E-state index is -0.711. The number of piperazine rings is 1. The van der Waals surface area contributed by atoms with Gasteiger partial charge in [-0.15, -0.1) is 0 Å². The number of para-hydroxylation sites is 1. The average Bonchev–Trinajstić information content (AvgIpc) is 3.15. The third-order valence-electron chi connectivity index (χ3n) is 7.18. The molecule has 1 unspecified atom stereocenters. The van der Waals surface area contributed by atoms with E-state index >= 15 is 0 Å². The average molecular weight is 480 g/mol. The van der Waals surface area contributed by atoms with E-state index in [4.69, 9.17) is 0 Å². The fraction of sp³-hybridized carbons (Fsp3) is 0.423. The largest absolute Gasteiger partial charge is 0.377 e. The van der Waals surface area contributed by atoms with E-state index in [1.54, 1.807) is 0 Å². The number of nitrogens with one attached hydrogen (secondary N) is 1. The molecule has 1 N–H and O–H groups in total. The molecule has 0 spiro atoms. The number of carbonyl (C=O) groups is 3. The third kappa shape index (κ3) is 4.48. The summed E-state index contributed by atoms with van der Waals surface area (Å²) >= 11 is 0. The lowest BCUT2D eigenvalue weighted by atomic mass is 10.0. The van der Waals surface area contributed by atoms with Crippen LogP contribution in [0.2, 0.25) is 0 Å². The molecule has 35 heavy (non-hydrogen) atoms. The van der Waals surface area contributed by atoms with Gasteiger partial charge in [0.2, 0.25) is 11.8 Å². The maximum absolute atomic E-state index is 14.6.